The molecular weight excluding hydrogens is 196 g/mol. The topological polar surface area (TPSA) is 72.2 Å². The smallest absolute Gasteiger partial charge is 0.303 e. The molecule has 2 rings (SSSR count). The van der Waals surface area contributed by atoms with Crippen molar-refractivity contribution >= 4 is 5.97 Å². The molecule has 1 aromatic heterocycles. The van der Waals surface area contributed by atoms with Gasteiger partial charge in [0.1, 0.15) is 0 Å². The fraction of sp³-hybridized carbons (Fsp3) is 0.500. The summed E-state index contributed by atoms with van der Waals surface area (Å²) in [5.41, 5.74) is -0.333. The Labute approximate surface area is 86.4 Å². The quantitative estimate of drug-likeness (QED) is 0.782. The summed E-state index contributed by atoms with van der Waals surface area (Å²) in [6, 6.07) is 1.39. The molecule has 1 saturated carbocycles. The summed E-state index contributed by atoms with van der Waals surface area (Å²) >= 11 is 0. The van der Waals surface area contributed by atoms with Crippen LogP contribution >= 0.6 is 0 Å². The number of rotatable bonds is 4. The van der Waals surface area contributed by atoms with Crippen LogP contribution in [-0.4, -0.2) is 20.6 Å². The summed E-state index contributed by atoms with van der Waals surface area (Å²) in [4.78, 5) is 25.9. The zero-order chi connectivity index (χ0) is 10.9. The maximum Gasteiger partial charge on any atom is 0.303 e. The molecule has 1 fully saturated rings. The lowest BCUT2D eigenvalue weighted by Gasteiger charge is -2.13. The van der Waals surface area contributed by atoms with Crippen LogP contribution in [0.3, 0.4) is 0 Å². The molecule has 0 saturated heterocycles. The molecule has 1 heterocycles. The van der Waals surface area contributed by atoms with Crippen molar-refractivity contribution in [1.29, 1.82) is 0 Å². The fourth-order valence-electron chi connectivity index (χ4n) is 1.75. The van der Waals surface area contributed by atoms with Crippen molar-refractivity contribution in [3.05, 3.63) is 28.9 Å². The molecule has 80 valence electrons. The Morgan fingerprint density at radius 1 is 1.60 bits per heavy atom. The third-order valence-corrected chi connectivity index (χ3v) is 2.78. The van der Waals surface area contributed by atoms with Gasteiger partial charge in [0, 0.05) is 18.8 Å². The predicted octanol–water partition coefficient (Wildman–Crippen LogP) is 0.498. The molecule has 5 heteroatoms. The van der Waals surface area contributed by atoms with E-state index in [1.807, 2.05) is 0 Å². The van der Waals surface area contributed by atoms with Gasteiger partial charge < -0.3 is 5.11 Å². The Kier molecular flexibility index (Phi) is 2.30. The minimum atomic E-state index is -0.801. The van der Waals surface area contributed by atoms with Crippen molar-refractivity contribution in [3.63, 3.8) is 0 Å². The normalized spacial score (nSPS) is 17.3. The van der Waals surface area contributed by atoms with Crippen LogP contribution in [0, 0.1) is 5.41 Å². The van der Waals surface area contributed by atoms with E-state index in [1.54, 1.807) is 0 Å². The van der Waals surface area contributed by atoms with Crippen molar-refractivity contribution in [2.45, 2.75) is 25.8 Å². The Balaban J connectivity index is 2.12. The van der Waals surface area contributed by atoms with E-state index < -0.39 is 5.97 Å². The largest absolute Gasteiger partial charge is 0.481 e. The van der Waals surface area contributed by atoms with Gasteiger partial charge in [0.25, 0.3) is 5.56 Å². The number of carboxylic acid groups (broad SMARTS) is 1. The highest BCUT2D eigenvalue weighted by Crippen LogP contribution is 2.49. The minimum absolute atomic E-state index is 0.123. The molecule has 1 aliphatic carbocycles. The lowest BCUT2D eigenvalue weighted by atomic mass is 10.0. The maximum absolute atomic E-state index is 11.4. The summed E-state index contributed by atoms with van der Waals surface area (Å²) in [5.74, 6) is -0.801. The molecule has 0 atom stereocenters. The van der Waals surface area contributed by atoms with Crippen molar-refractivity contribution in [3.8, 4) is 0 Å². The van der Waals surface area contributed by atoms with Crippen LogP contribution in [0.15, 0.2) is 23.4 Å². The lowest BCUT2D eigenvalue weighted by Crippen LogP contribution is -2.25. The van der Waals surface area contributed by atoms with Gasteiger partial charge in [0.15, 0.2) is 0 Å². The third-order valence-electron chi connectivity index (χ3n) is 2.78. The highest BCUT2D eigenvalue weighted by molar-refractivity contribution is 5.68. The average Bonchev–Trinajstić information content (AvgIpc) is 2.88. The molecule has 0 unspecified atom stereocenters. The second-order valence-electron chi connectivity index (χ2n) is 4.12. The summed E-state index contributed by atoms with van der Waals surface area (Å²) in [6.45, 7) is 0.464. The van der Waals surface area contributed by atoms with E-state index >= 15 is 0 Å². The molecule has 15 heavy (non-hydrogen) atoms. The molecule has 0 bridgehead atoms. The van der Waals surface area contributed by atoms with E-state index in [0.29, 0.717) is 6.54 Å². The Morgan fingerprint density at radius 2 is 2.33 bits per heavy atom. The van der Waals surface area contributed by atoms with Crippen LogP contribution in [0.1, 0.15) is 19.3 Å². The fourth-order valence-corrected chi connectivity index (χ4v) is 1.75. The van der Waals surface area contributed by atoms with E-state index in [1.165, 1.54) is 23.2 Å². The molecule has 0 amide bonds. The second kappa shape index (κ2) is 3.49. The molecule has 0 radical (unpaired) electrons. The number of hydrogen-bond donors (Lipinski definition) is 1. The van der Waals surface area contributed by atoms with Gasteiger partial charge in [-0.2, -0.15) is 0 Å². The number of aliphatic carboxylic acids is 1. The first-order valence-corrected chi connectivity index (χ1v) is 4.84. The van der Waals surface area contributed by atoms with Gasteiger partial charge in [-0.05, 0) is 18.3 Å². The third kappa shape index (κ3) is 2.23. The Hall–Kier alpha value is -1.65. The van der Waals surface area contributed by atoms with E-state index in [-0.39, 0.29) is 17.4 Å². The van der Waals surface area contributed by atoms with E-state index in [4.69, 9.17) is 5.11 Å². The number of nitrogens with zero attached hydrogens (tertiary/aromatic N) is 2. The predicted molar refractivity (Wildman–Crippen MR) is 52.4 cm³/mol. The first-order valence-electron chi connectivity index (χ1n) is 4.84. The monoisotopic (exact) mass is 208 g/mol. The van der Waals surface area contributed by atoms with Crippen LogP contribution in [0.2, 0.25) is 0 Å². The van der Waals surface area contributed by atoms with Crippen LogP contribution in [-0.2, 0) is 11.3 Å². The van der Waals surface area contributed by atoms with Gasteiger partial charge in [-0.25, -0.2) is 4.98 Å². The molecule has 5 nitrogen and oxygen atoms in total. The molecule has 1 aliphatic rings. The van der Waals surface area contributed by atoms with E-state index in [0.717, 1.165) is 12.8 Å². The van der Waals surface area contributed by atoms with Crippen molar-refractivity contribution in [2.24, 2.45) is 5.41 Å². The van der Waals surface area contributed by atoms with Crippen LogP contribution in [0.4, 0.5) is 0 Å². The van der Waals surface area contributed by atoms with Gasteiger partial charge in [0.2, 0.25) is 0 Å². The summed E-state index contributed by atoms with van der Waals surface area (Å²) in [7, 11) is 0. The zero-order valence-corrected chi connectivity index (χ0v) is 8.22. The molecule has 0 aromatic carbocycles. The standard InChI is InChI=1S/C10H12N2O3/c13-8-1-4-11-7-12(8)6-10(2-3-10)5-9(14)15/h1,4,7H,2-3,5-6H2,(H,14,15). The zero-order valence-electron chi connectivity index (χ0n) is 8.22. The Morgan fingerprint density at radius 3 is 2.87 bits per heavy atom. The summed E-state index contributed by atoms with van der Waals surface area (Å²) < 4.78 is 1.48. The number of carboxylic acids is 1. The van der Waals surface area contributed by atoms with Gasteiger partial charge in [-0.1, -0.05) is 0 Å². The highest BCUT2D eigenvalue weighted by Gasteiger charge is 2.44. The van der Waals surface area contributed by atoms with Crippen molar-refractivity contribution in [1.82, 2.24) is 9.55 Å². The first-order chi connectivity index (χ1) is 7.11. The number of hydrogen-bond acceptors (Lipinski definition) is 3. The minimum Gasteiger partial charge on any atom is -0.481 e. The molecule has 0 spiro atoms. The molecule has 1 aromatic rings. The SMILES string of the molecule is O=C(O)CC1(Cn2cnccc2=O)CC1. The van der Waals surface area contributed by atoms with E-state index in [2.05, 4.69) is 4.98 Å². The molecular formula is C10H12N2O3. The Bertz CT molecular complexity index is 434. The summed E-state index contributed by atoms with van der Waals surface area (Å²) in [6.07, 6.45) is 4.79. The maximum atomic E-state index is 11.4. The summed E-state index contributed by atoms with van der Waals surface area (Å²) in [5, 5.41) is 8.73. The van der Waals surface area contributed by atoms with Crippen LogP contribution in [0.25, 0.3) is 0 Å². The van der Waals surface area contributed by atoms with Crippen molar-refractivity contribution < 1.29 is 9.90 Å². The number of carbonyl (C=O) groups is 1. The van der Waals surface area contributed by atoms with E-state index in [9.17, 15) is 9.59 Å². The van der Waals surface area contributed by atoms with Gasteiger partial charge in [-0.15, -0.1) is 0 Å². The van der Waals surface area contributed by atoms with Gasteiger partial charge >= 0.3 is 5.97 Å². The van der Waals surface area contributed by atoms with Gasteiger partial charge in [0.05, 0.1) is 12.7 Å². The average molecular weight is 208 g/mol. The molecule has 1 N–H and O–H groups in total. The van der Waals surface area contributed by atoms with Crippen LogP contribution in [0.5, 0.6) is 0 Å². The van der Waals surface area contributed by atoms with Crippen molar-refractivity contribution in [2.75, 3.05) is 0 Å². The number of aromatic nitrogens is 2. The highest BCUT2D eigenvalue weighted by atomic mass is 16.4. The molecule has 0 aliphatic heterocycles. The lowest BCUT2D eigenvalue weighted by molar-refractivity contribution is -0.138. The van der Waals surface area contributed by atoms with Crippen LogP contribution < -0.4 is 5.56 Å². The second-order valence-corrected chi connectivity index (χ2v) is 4.12. The first kappa shape index (κ1) is 9.89. The van der Waals surface area contributed by atoms with Gasteiger partial charge in [-0.3, -0.25) is 14.2 Å².